The molecule has 0 radical (unpaired) electrons. The van der Waals surface area contributed by atoms with E-state index in [0.717, 1.165) is 12.2 Å². The van der Waals surface area contributed by atoms with Gasteiger partial charge in [-0.2, -0.15) is 5.26 Å². The molecule has 0 aliphatic carbocycles. The first-order valence-electron chi connectivity index (χ1n) is 4.64. The number of ether oxygens (including phenoxy) is 2. The molecule has 16 heavy (non-hydrogen) atoms. The summed E-state index contributed by atoms with van der Waals surface area (Å²) in [6, 6.07) is 1.69. The fourth-order valence-electron chi connectivity index (χ4n) is 0.517. The minimum absolute atomic E-state index is 0.298. The molecular formula is C11H15NO4. The van der Waals surface area contributed by atoms with Crippen LogP contribution in [0.15, 0.2) is 24.8 Å². The molecule has 5 nitrogen and oxygen atoms in total. The summed E-state index contributed by atoms with van der Waals surface area (Å²) in [6.45, 7) is 7.09. The summed E-state index contributed by atoms with van der Waals surface area (Å²) in [4.78, 5) is 21.3. The molecule has 0 amide bonds. The molecule has 0 aromatic heterocycles. The highest BCUT2D eigenvalue weighted by Crippen LogP contribution is 1.84. The maximum Gasteiger partial charge on any atom is 0.330 e. The molecule has 0 aliphatic rings. The van der Waals surface area contributed by atoms with E-state index in [1.807, 2.05) is 0 Å². The van der Waals surface area contributed by atoms with Crippen molar-refractivity contribution >= 4 is 11.9 Å². The van der Waals surface area contributed by atoms with E-state index < -0.39 is 11.9 Å². The van der Waals surface area contributed by atoms with Gasteiger partial charge in [0.2, 0.25) is 0 Å². The van der Waals surface area contributed by atoms with Gasteiger partial charge in [-0.05, 0) is 13.8 Å². The molecule has 0 aromatic rings. The number of carbonyl (C=O) groups is 2. The molecule has 0 saturated carbocycles. The Kier molecular flexibility index (Phi) is 13.2. The van der Waals surface area contributed by atoms with Gasteiger partial charge in [-0.3, -0.25) is 0 Å². The van der Waals surface area contributed by atoms with Gasteiger partial charge in [0.15, 0.2) is 0 Å². The van der Waals surface area contributed by atoms with E-state index in [1.54, 1.807) is 19.9 Å². The SMILES string of the molecule is C=CC#N.CCOC(=O)C=CC(=O)OCC. The summed E-state index contributed by atoms with van der Waals surface area (Å²) < 4.78 is 9.07. The molecule has 0 aliphatic heterocycles. The number of carbonyl (C=O) groups excluding carboxylic acids is 2. The van der Waals surface area contributed by atoms with Gasteiger partial charge in [-0.25, -0.2) is 9.59 Å². The zero-order valence-electron chi connectivity index (χ0n) is 9.43. The maximum atomic E-state index is 10.6. The highest BCUT2D eigenvalue weighted by atomic mass is 16.5. The first-order chi connectivity index (χ1) is 7.62. The van der Waals surface area contributed by atoms with E-state index in [2.05, 4.69) is 16.1 Å². The van der Waals surface area contributed by atoms with Crippen LogP contribution in [-0.2, 0) is 19.1 Å². The third kappa shape index (κ3) is 14.4. The third-order valence-electron chi connectivity index (χ3n) is 1.02. The van der Waals surface area contributed by atoms with Crippen LogP contribution in [0, 0.1) is 11.3 Å². The summed E-state index contributed by atoms with van der Waals surface area (Å²) in [5.41, 5.74) is 0. The normalized spacial score (nSPS) is 8.31. The molecule has 5 heteroatoms. The second-order valence-electron chi connectivity index (χ2n) is 2.17. The van der Waals surface area contributed by atoms with Crippen LogP contribution in [0.1, 0.15) is 13.8 Å². The molecule has 0 rings (SSSR count). The summed E-state index contributed by atoms with van der Waals surface area (Å²) in [5.74, 6) is -1.07. The molecule has 0 unspecified atom stereocenters. The Balaban J connectivity index is 0. The van der Waals surface area contributed by atoms with Crippen LogP contribution in [0.4, 0.5) is 0 Å². The minimum atomic E-state index is -0.537. The van der Waals surface area contributed by atoms with E-state index >= 15 is 0 Å². The molecule has 0 spiro atoms. The van der Waals surface area contributed by atoms with Gasteiger partial charge >= 0.3 is 11.9 Å². The lowest BCUT2D eigenvalue weighted by molar-refractivity contribution is -0.140. The topological polar surface area (TPSA) is 76.4 Å². The quantitative estimate of drug-likeness (QED) is 0.410. The summed E-state index contributed by atoms with van der Waals surface area (Å²) in [7, 11) is 0. The van der Waals surface area contributed by atoms with Crippen molar-refractivity contribution in [1.82, 2.24) is 0 Å². The molecule has 0 bridgehead atoms. The number of hydrogen-bond acceptors (Lipinski definition) is 5. The predicted molar refractivity (Wildman–Crippen MR) is 58.2 cm³/mol. The van der Waals surface area contributed by atoms with E-state index in [4.69, 9.17) is 5.26 Å². The van der Waals surface area contributed by atoms with Crippen LogP contribution >= 0.6 is 0 Å². The van der Waals surface area contributed by atoms with Gasteiger partial charge in [-0.1, -0.05) is 6.58 Å². The Hall–Kier alpha value is -2.09. The second-order valence-corrected chi connectivity index (χ2v) is 2.17. The summed E-state index contributed by atoms with van der Waals surface area (Å²) in [5, 5.41) is 7.51. The Morgan fingerprint density at radius 1 is 1.19 bits per heavy atom. The van der Waals surface area contributed by atoms with Crippen LogP contribution in [0.3, 0.4) is 0 Å². The Bertz CT molecular complexity index is 269. The van der Waals surface area contributed by atoms with Crippen molar-refractivity contribution in [3.8, 4) is 6.07 Å². The first-order valence-corrected chi connectivity index (χ1v) is 4.64. The third-order valence-corrected chi connectivity index (χ3v) is 1.02. The van der Waals surface area contributed by atoms with Gasteiger partial charge in [-0.15, -0.1) is 0 Å². The fourth-order valence-corrected chi connectivity index (χ4v) is 0.517. The smallest absolute Gasteiger partial charge is 0.330 e. The van der Waals surface area contributed by atoms with Crippen molar-refractivity contribution in [3.05, 3.63) is 24.8 Å². The van der Waals surface area contributed by atoms with Crippen LogP contribution < -0.4 is 0 Å². The highest BCUT2D eigenvalue weighted by molar-refractivity contribution is 5.91. The number of rotatable bonds is 4. The lowest BCUT2D eigenvalue weighted by Crippen LogP contribution is -2.03. The number of allylic oxidation sites excluding steroid dienone is 1. The van der Waals surface area contributed by atoms with Gasteiger partial charge in [0.05, 0.1) is 19.3 Å². The molecule has 0 aromatic carbocycles. The van der Waals surface area contributed by atoms with Gasteiger partial charge in [0.1, 0.15) is 0 Å². The molecule has 88 valence electrons. The van der Waals surface area contributed by atoms with E-state index in [1.165, 1.54) is 6.08 Å². The fraction of sp³-hybridized carbons (Fsp3) is 0.364. The Morgan fingerprint density at radius 2 is 1.50 bits per heavy atom. The van der Waals surface area contributed by atoms with Gasteiger partial charge < -0.3 is 9.47 Å². The number of nitrogens with zero attached hydrogens (tertiary/aromatic N) is 1. The van der Waals surface area contributed by atoms with Crippen molar-refractivity contribution in [3.63, 3.8) is 0 Å². The molecule has 0 heterocycles. The van der Waals surface area contributed by atoms with Crippen LogP contribution in [0.2, 0.25) is 0 Å². The standard InChI is InChI=1S/C8H12O4.C3H3N/c1-3-11-7(9)5-6-8(10)12-4-2;1-2-3-4/h5-6H,3-4H2,1-2H3;2H,1H2. The molecule has 0 saturated heterocycles. The minimum Gasteiger partial charge on any atom is -0.463 e. The van der Waals surface area contributed by atoms with Crippen LogP contribution in [0.25, 0.3) is 0 Å². The second kappa shape index (κ2) is 12.9. The number of esters is 2. The van der Waals surface area contributed by atoms with E-state index in [9.17, 15) is 9.59 Å². The van der Waals surface area contributed by atoms with Crippen molar-refractivity contribution in [2.24, 2.45) is 0 Å². The van der Waals surface area contributed by atoms with Crippen molar-refractivity contribution in [2.75, 3.05) is 13.2 Å². The predicted octanol–water partition coefficient (Wildman–Crippen LogP) is 1.36. The van der Waals surface area contributed by atoms with Crippen molar-refractivity contribution in [2.45, 2.75) is 13.8 Å². The van der Waals surface area contributed by atoms with Gasteiger partial charge in [0, 0.05) is 18.2 Å². The van der Waals surface area contributed by atoms with Crippen molar-refractivity contribution < 1.29 is 19.1 Å². The highest BCUT2D eigenvalue weighted by Gasteiger charge is 1.97. The lowest BCUT2D eigenvalue weighted by Gasteiger charge is -1.95. The van der Waals surface area contributed by atoms with Crippen LogP contribution in [-0.4, -0.2) is 25.2 Å². The summed E-state index contributed by atoms with van der Waals surface area (Å²) in [6.07, 6.45) is 3.27. The zero-order valence-corrected chi connectivity index (χ0v) is 9.43. The molecule has 0 atom stereocenters. The van der Waals surface area contributed by atoms with Crippen molar-refractivity contribution in [1.29, 1.82) is 5.26 Å². The first kappa shape index (κ1) is 16.3. The van der Waals surface area contributed by atoms with E-state index in [0.29, 0.717) is 13.2 Å². The average molecular weight is 225 g/mol. The maximum absolute atomic E-state index is 10.6. The zero-order chi connectivity index (χ0) is 12.8. The molecule has 0 fully saturated rings. The van der Waals surface area contributed by atoms with Gasteiger partial charge in [0.25, 0.3) is 0 Å². The van der Waals surface area contributed by atoms with Crippen LogP contribution in [0.5, 0.6) is 0 Å². The Labute approximate surface area is 95.0 Å². The molecular weight excluding hydrogens is 210 g/mol. The monoisotopic (exact) mass is 225 g/mol. The number of nitriles is 1. The number of hydrogen-bond donors (Lipinski definition) is 0. The lowest BCUT2D eigenvalue weighted by atomic mass is 10.5. The average Bonchev–Trinajstić information content (AvgIpc) is 2.28. The largest absolute Gasteiger partial charge is 0.463 e. The van der Waals surface area contributed by atoms with E-state index in [-0.39, 0.29) is 0 Å². The Morgan fingerprint density at radius 3 is 1.69 bits per heavy atom. The summed E-state index contributed by atoms with van der Waals surface area (Å²) >= 11 is 0. The molecule has 0 N–H and O–H groups in total.